The van der Waals surface area contributed by atoms with Gasteiger partial charge in [-0.05, 0) is 49.8 Å². The van der Waals surface area contributed by atoms with E-state index in [0.29, 0.717) is 12.5 Å². The average molecular weight is 343 g/mol. The molecule has 0 unspecified atom stereocenters. The predicted octanol–water partition coefficient (Wildman–Crippen LogP) is 4.67. The molecule has 1 aromatic carbocycles. The number of pyridine rings is 1. The lowest BCUT2D eigenvalue weighted by atomic mass is 9.89. The third-order valence-corrected chi connectivity index (χ3v) is 5.84. The summed E-state index contributed by atoms with van der Waals surface area (Å²) in [5.74, 6) is 4.54. The van der Waals surface area contributed by atoms with E-state index in [2.05, 4.69) is 65.6 Å². The Bertz CT molecular complexity index is 955. The van der Waals surface area contributed by atoms with Crippen LogP contribution in [0.5, 0.6) is 0 Å². The first-order valence-electron chi connectivity index (χ1n) is 9.38. The standard InChI is InChI=1S/C23H25N3/c1-4-14-26-18(3)17(2)21-10-13-24-23(22(21)26)25-15-11-20(12-16-25)19-8-6-5-7-9-19/h1,5-10,13,20H,11-12,14-16H2,2-3H3. The van der Waals surface area contributed by atoms with Crippen molar-refractivity contribution in [1.29, 1.82) is 0 Å². The molecule has 1 fully saturated rings. The number of terminal acetylenes is 1. The first kappa shape index (κ1) is 16.7. The van der Waals surface area contributed by atoms with Crippen LogP contribution in [0, 0.1) is 26.2 Å². The van der Waals surface area contributed by atoms with Gasteiger partial charge in [0.2, 0.25) is 0 Å². The minimum atomic E-state index is 0.593. The maximum atomic E-state index is 5.64. The van der Waals surface area contributed by atoms with E-state index in [1.807, 2.05) is 6.20 Å². The molecule has 0 spiro atoms. The minimum Gasteiger partial charge on any atom is -0.355 e. The normalized spacial score (nSPS) is 15.3. The number of piperidine rings is 1. The second-order valence-corrected chi connectivity index (χ2v) is 7.20. The fourth-order valence-corrected chi connectivity index (χ4v) is 4.25. The van der Waals surface area contributed by atoms with E-state index in [1.165, 1.54) is 27.7 Å². The predicted molar refractivity (Wildman–Crippen MR) is 109 cm³/mol. The number of hydrogen-bond acceptors (Lipinski definition) is 2. The first-order valence-corrected chi connectivity index (χ1v) is 9.38. The first-order chi connectivity index (χ1) is 12.7. The van der Waals surface area contributed by atoms with E-state index >= 15 is 0 Å². The van der Waals surface area contributed by atoms with E-state index in [4.69, 9.17) is 11.4 Å². The Hall–Kier alpha value is -2.73. The van der Waals surface area contributed by atoms with Crippen molar-refractivity contribution < 1.29 is 0 Å². The van der Waals surface area contributed by atoms with Gasteiger partial charge in [0.15, 0.2) is 5.82 Å². The molecule has 0 saturated carbocycles. The molecule has 3 heterocycles. The number of rotatable bonds is 3. The van der Waals surface area contributed by atoms with Crippen LogP contribution in [-0.4, -0.2) is 22.6 Å². The van der Waals surface area contributed by atoms with Crippen LogP contribution in [0.4, 0.5) is 5.82 Å². The molecule has 1 aliphatic rings. The van der Waals surface area contributed by atoms with Crippen LogP contribution < -0.4 is 4.90 Å². The quantitative estimate of drug-likeness (QED) is 0.644. The molecule has 0 amide bonds. The number of hydrogen-bond donors (Lipinski definition) is 0. The van der Waals surface area contributed by atoms with E-state index in [1.54, 1.807) is 0 Å². The summed E-state index contributed by atoms with van der Waals surface area (Å²) in [6, 6.07) is 13.0. The molecule has 2 aromatic heterocycles. The van der Waals surface area contributed by atoms with Crippen LogP contribution in [0.15, 0.2) is 42.6 Å². The van der Waals surface area contributed by atoms with Gasteiger partial charge in [0, 0.05) is 30.4 Å². The van der Waals surface area contributed by atoms with Crippen LogP contribution >= 0.6 is 0 Å². The van der Waals surface area contributed by atoms with Crippen molar-refractivity contribution in [3.05, 3.63) is 59.4 Å². The summed E-state index contributed by atoms with van der Waals surface area (Å²) in [7, 11) is 0. The van der Waals surface area contributed by atoms with Crippen LogP contribution in [0.25, 0.3) is 10.9 Å². The van der Waals surface area contributed by atoms with Crippen molar-refractivity contribution >= 4 is 16.7 Å². The van der Waals surface area contributed by atoms with Crippen LogP contribution in [0.2, 0.25) is 0 Å². The lowest BCUT2D eigenvalue weighted by Crippen LogP contribution is -2.33. The van der Waals surface area contributed by atoms with Gasteiger partial charge in [-0.15, -0.1) is 6.42 Å². The highest BCUT2D eigenvalue weighted by Crippen LogP contribution is 2.35. The summed E-state index contributed by atoms with van der Waals surface area (Å²) in [5.41, 5.74) is 5.20. The lowest BCUT2D eigenvalue weighted by molar-refractivity contribution is 0.503. The van der Waals surface area contributed by atoms with Crippen molar-refractivity contribution in [2.45, 2.75) is 39.2 Å². The molecule has 26 heavy (non-hydrogen) atoms. The molecule has 0 radical (unpaired) electrons. The molecule has 1 aliphatic heterocycles. The number of aromatic nitrogens is 2. The fourth-order valence-electron chi connectivity index (χ4n) is 4.25. The molecule has 0 N–H and O–H groups in total. The molecule has 0 bridgehead atoms. The summed E-state index contributed by atoms with van der Waals surface area (Å²) >= 11 is 0. The molecule has 132 valence electrons. The Morgan fingerprint density at radius 1 is 1.12 bits per heavy atom. The highest BCUT2D eigenvalue weighted by Gasteiger charge is 2.24. The van der Waals surface area contributed by atoms with Crippen molar-refractivity contribution in [3.8, 4) is 12.3 Å². The number of aryl methyl sites for hydroxylation is 1. The lowest BCUT2D eigenvalue weighted by Gasteiger charge is -2.33. The van der Waals surface area contributed by atoms with Crippen molar-refractivity contribution in [2.75, 3.05) is 18.0 Å². The van der Waals surface area contributed by atoms with Crippen molar-refractivity contribution in [3.63, 3.8) is 0 Å². The Morgan fingerprint density at radius 3 is 2.54 bits per heavy atom. The van der Waals surface area contributed by atoms with Crippen LogP contribution in [-0.2, 0) is 6.54 Å². The average Bonchev–Trinajstić information content (AvgIpc) is 2.94. The largest absolute Gasteiger partial charge is 0.355 e. The summed E-state index contributed by atoms with van der Waals surface area (Å²) in [5, 5.41) is 1.27. The number of fused-ring (bicyclic) bond motifs is 1. The Kier molecular flexibility index (Phi) is 4.42. The molecule has 0 aliphatic carbocycles. The van der Waals surface area contributed by atoms with Gasteiger partial charge >= 0.3 is 0 Å². The monoisotopic (exact) mass is 343 g/mol. The maximum Gasteiger partial charge on any atom is 0.153 e. The summed E-state index contributed by atoms with van der Waals surface area (Å²) < 4.78 is 2.25. The Labute approximate surface area is 155 Å². The highest BCUT2D eigenvalue weighted by molar-refractivity contribution is 5.93. The van der Waals surface area contributed by atoms with E-state index in [9.17, 15) is 0 Å². The summed E-state index contributed by atoms with van der Waals surface area (Å²) in [6.45, 7) is 6.99. The SMILES string of the molecule is C#CCn1c(C)c(C)c2ccnc(N3CCC(c4ccccc4)CC3)c21. The zero-order valence-electron chi connectivity index (χ0n) is 15.6. The zero-order chi connectivity index (χ0) is 18.1. The minimum absolute atomic E-state index is 0.593. The van der Waals surface area contributed by atoms with Gasteiger partial charge in [0.25, 0.3) is 0 Å². The Balaban J connectivity index is 1.66. The van der Waals surface area contributed by atoms with E-state index in [0.717, 1.165) is 31.7 Å². The molecule has 3 aromatic rings. The molecular weight excluding hydrogens is 318 g/mol. The van der Waals surface area contributed by atoms with Crippen LogP contribution in [0.1, 0.15) is 35.6 Å². The second kappa shape index (κ2) is 6.88. The van der Waals surface area contributed by atoms with Crippen LogP contribution in [0.3, 0.4) is 0 Å². The maximum absolute atomic E-state index is 5.64. The van der Waals surface area contributed by atoms with E-state index < -0.39 is 0 Å². The van der Waals surface area contributed by atoms with Gasteiger partial charge in [-0.3, -0.25) is 0 Å². The van der Waals surface area contributed by atoms with Gasteiger partial charge in [0.05, 0.1) is 12.1 Å². The summed E-state index contributed by atoms with van der Waals surface area (Å²) in [6.07, 6.45) is 9.90. The molecule has 4 rings (SSSR count). The number of anilines is 1. The number of benzene rings is 1. The second-order valence-electron chi connectivity index (χ2n) is 7.20. The smallest absolute Gasteiger partial charge is 0.153 e. The Morgan fingerprint density at radius 2 is 1.85 bits per heavy atom. The molecule has 3 heteroatoms. The molecule has 0 atom stereocenters. The molecule has 1 saturated heterocycles. The number of nitrogens with zero attached hydrogens (tertiary/aromatic N) is 3. The van der Waals surface area contributed by atoms with Gasteiger partial charge in [-0.2, -0.15) is 0 Å². The van der Waals surface area contributed by atoms with Gasteiger partial charge in [-0.25, -0.2) is 4.98 Å². The summed E-state index contributed by atoms with van der Waals surface area (Å²) in [4.78, 5) is 7.20. The third-order valence-electron chi connectivity index (χ3n) is 5.84. The van der Waals surface area contributed by atoms with E-state index in [-0.39, 0.29) is 0 Å². The van der Waals surface area contributed by atoms with Crippen molar-refractivity contribution in [2.24, 2.45) is 0 Å². The highest BCUT2D eigenvalue weighted by atomic mass is 15.2. The third kappa shape index (κ3) is 2.76. The fraction of sp³-hybridized carbons (Fsp3) is 0.348. The van der Waals surface area contributed by atoms with Gasteiger partial charge < -0.3 is 9.47 Å². The topological polar surface area (TPSA) is 21.1 Å². The zero-order valence-corrected chi connectivity index (χ0v) is 15.6. The van der Waals surface area contributed by atoms with Crippen molar-refractivity contribution in [1.82, 2.24) is 9.55 Å². The molecule has 3 nitrogen and oxygen atoms in total. The van der Waals surface area contributed by atoms with Gasteiger partial charge in [-0.1, -0.05) is 36.3 Å². The van der Waals surface area contributed by atoms with Gasteiger partial charge in [0.1, 0.15) is 0 Å². The molecular formula is C23H25N3.